The van der Waals surface area contributed by atoms with Gasteiger partial charge in [-0.25, -0.2) is 9.37 Å². The van der Waals surface area contributed by atoms with Crippen molar-refractivity contribution in [3.8, 4) is 28.5 Å². The molecule has 2 saturated carbocycles. The van der Waals surface area contributed by atoms with E-state index in [2.05, 4.69) is 80.3 Å². The molecule has 2 aromatic heterocycles. The molecule has 35 heavy (non-hydrogen) atoms. The Kier molecular flexibility index (Phi) is 6.83. The van der Waals surface area contributed by atoms with Crippen molar-refractivity contribution in [2.75, 3.05) is 4.90 Å². The normalized spacial score (nSPS) is 22.8. The van der Waals surface area contributed by atoms with Crippen molar-refractivity contribution in [1.29, 1.82) is 0 Å². The number of phenols is 1. The third kappa shape index (κ3) is 5.21. The Morgan fingerprint density at radius 1 is 1.11 bits per heavy atom. The number of hydrogen-bond donors (Lipinski definition) is 4. The average molecular weight is 535 g/mol. The maximum atomic E-state index is 15.0. The quantitative estimate of drug-likeness (QED) is 0.265. The number of halogens is 1. The summed E-state index contributed by atoms with van der Waals surface area (Å²) in [6, 6.07) is 4.99. The van der Waals surface area contributed by atoms with Crippen LogP contribution < -0.4 is 4.90 Å². The van der Waals surface area contributed by atoms with Gasteiger partial charge in [0, 0.05) is 11.6 Å². The summed E-state index contributed by atoms with van der Waals surface area (Å²) in [5.41, 5.74) is 0.954. The predicted molar refractivity (Wildman–Crippen MR) is 140 cm³/mol. The molecule has 2 aliphatic rings. The minimum Gasteiger partial charge on any atom is -0.507 e. The number of aromatic hydroxyl groups is 1. The molecule has 13 heteroatoms. The van der Waals surface area contributed by atoms with Crippen LogP contribution in [0.4, 0.5) is 10.2 Å². The Hall–Kier alpha value is -2.12. The fourth-order valence-corrected chi connectivity index (χ4v) is 4.92. The molecule has 0 aliphatic heterocycles. The van der Waals surface area contributed by atoms with Crippen LogP contribution in [0.25, 0.3) is 22.8 Å². The SMILES string of the molecule is CC[C@@H]1CC[C@H](F)[C@H](N(c2cnc(-c3ccc(-c4nnn(C(S)(S)S)n4)cc3O)nn2)C2CC2)C1. The van der Waals surface area contributed by atoms with Crippen LogP contribution in [-0.2, 0) is 3.54 Å². The van der Waals surface area contributed by atoms with Crippen LogP contribution in [0.1, 0.15) is 45.4 Å². The van der Waals surface area contributed by atoms with E-state index in [0.717, 1.165) is 36.9 Å². The third-order valence-corrected chi connectivity index (χ3v) is 7.25. The molecule has 186 valence electrons. The highest BCUT2D eigenvalue weighted by molar-refractivity contribution is 8.15. The molecule has 2 fully saturated rings. The summed E-state index contributed by atoms with van der Waals surface area (Å²) in [5.74, 6) is 1.62. The monoisotopic (exact) mass is 534 g/mol. The zero-order valence-electron chi connectivity index (χ0n) is 19.1. The van der Waals surface area contributed by atoms with Gasteiger partial charge in [0.2, 0.25) is 9.36 Å². The van der Waals surface area contributed by atoms with Crippen molar-refractivity contribution in [1.82, 2.24) is 35.4 Å². The van der Waals surface area contributed by atoms with Gasteiger partial charge in [-0.2, -0.15) is 0 Å². The lowest BCUT2D eigenvalue weighted by atomic mass is 9.82. The van der Waals surface area contributed by atoms with E-state index in [4.69, 9.17) is 0 Å². The molecular weight excluding hydrogens is 507 g/mol. The summed E-state index contributed by atoms with van der Waals surface area (Å²) >= 11 is 12.5. The average Bonchev–Trinajstić information content (AvgIpc) is 3.53. The van der Waals surface area contributed by atoms with Crippen molar-refractivity contribution in [2.24, 2.45) is 5.92 Å². The second-order valence-electron chi connectivity index (χ2n) is 9.18. The molecule has 5 rings (SSSR count). The van der Waals surface area contributed by atoms with Crippen molar-refractivity contribution < 1.29 is 9.50 Å². The van der Waals surface area contributed by atoms with Gasteiger partial charge in [-0.15, -0.1) is 63.1 Å². The topological polar surface area (TPSA) is 106 Å². The smallest absolute Gasteiger partial charge is 0.213 e. The van der Waals surface area contributed by atoms with E-state index in [1.807, 2.05) is 0 Å². The first-order chi connectivity index (χ1) is 16.7. The molecule has 0 saturated heterocycles. The highest BCUT2D eigenvalue weighted by atomic mass is 32.2. The molecule has 0 radical (unpaired) electrons. The van der Waals surface area contributed by atoms with E-state index in [1.165, 1.54) is 6.07 Å². The molecule has 0 bridgehead atoms. The largest absolute Gasteiger partial charge is 0.507 e. The van der Waals surface area contributed by atoms with Gasteiger partial charge in [-0.05, 0) is 55.4 Å². The maximum absolute atomic E-state index is 15.0. The van der Waals surface area contributed by atoms with Crippen LogP contribution >= 0.6 is 37.9 Å². The number of anilines is 1. The molecule has 3 aromatic rings. The van der Waals surface area contributed by atoms with Crippen LogP contribution in [-0.4, -0.2) is 58.8 Å². The van der Waals surface area contributed by atoms with E-state index < -0.39 is 9.71 Å². The first kappa shape index (κ1) is 24.6. The van der Waals surface area contributed by atoms with Gasteiger partial charge >= 0.3 is 0 Å². The number of hydrogen-bond acceptors (Lipinski definition) is 11. The number of aromatic nitrogens is 7. The number of nitrogens with zero attached hydrogens (tertiary/aromatic N) is 8. The number of rotatable bonds is 7. The molecule has 0 unspecified atom stereocenters. The molecule has 0 spiro atoms. The summed E-state index contributed by atoms with van der Waals surface area (Å²) < 4.78 is 13.7. The van der Waals surface area contributed by atoms with Crippen molar-refractivity contribution in [2.45, 2.75) is 67.2 Å². The first-order valence-electron chi connectivity index (χ1n) is 11.7. The van der Waals surface area contributed by atoms with Crippen LogP contribution in [0.2, 0.25) is 0 Å². The van der Waals surface area contributed by atoms with Gasteiger partial charge in [0.05, 0.1) is 17.8 Å². The minimum atomic E-state index is -1.21. The fraction of sp³-hybridized carbons (Fsp3) is 0.545. The molecule has 1 N–H and O–H groups in total. The van der Waals surface area contributed by atoms with E-state index in [9.17, 15) is 9.50 Å². The molecule has 3 atom stereocenters. The Bertz CT molecular complexity index is 1180. The van der Waals surface area contributed by atoms with Gasteiger partial charge < -0.3 is 10.0 Å². The molecule has 0 amide bonds. The predicted octanol–water partition coefficient (Wildman–Crippen LogP) is 4.14. The van der Waals surface area contributed by atoms with Crippen molar-refractivity contribution >= 4 is 43.7 Å². The van der Waals surface area contributed by atoms with Gasteiger partial charge in [0.15, 0.2) is 11.6 Å². The highest BCUT2D eigenvalue weighted by Crippen LogP contribution is 2.40. The van der Waals surface area contributed by atoms with Gasteiger partial charge in [0.25, 0.3) is 0 Å². The van der Waals surface area contributed by atoms with Gasteiger partial charge in [0.1, 0.15) is 11.9 Å². The van der Waals surface area contributed by atoms with Gasteiger partial charge in [-0.1, -0.05) is 19.4 Å². The first-order valence-corrected chi connectivity index (χ1v) is 13.0. The summed E-state index contributed by atoms with van der Waals surface area (Å²) in [4.78, 5) is 7.69. The second-order valence-corrected chi connectivity index (χ2v) is 12.2. The third-order valence-electron chi connectivity index (χ3n) is 6.71. The van der Waals surface area contributed by atoms with Crippen LogP contribution in [0, 0.1) is 5.92 Å². The molecular formula is C22H27FN8OS3. The summed E-state index contributed by atoms with van der Waals surface area (Å²) in [6.45, 7) is 2.17. The summed E-state index contributed by atoms with van der Waals surface area (Å²) in [6.07, 6.45) is 6.23. The Labute approximate surface area is 219 Å². The summed E-state index contributed by atoms with van der Waals surface area (Å²) in [7, 11) is 0. The van der Waals surface area contributed by atoms with Crippen LogP contribution in [0.3, 0.4) is 0 Å². The Morgan fingerprint density at radius 2 is 1.91 bits per heavy atom. The van der Waals surface area contributed by atoms with Gasteiger partial charge in [-0.3, -0.25) is 0 Å². The minimum absolute atomic E-state index is 0.0526. The maximum Gasteiger partial charge on any atom is 0.213 e. The zero-order chi connectivity index (χ0) is 24.7. The van der Waals surface area contributed by atoms with E-state index in [-0.39, 0.29) is 29.5 Å². The fourth-order valence-electron chi connectivity index (χ4n) is 4.66. The molecule has 1 aromatic carbocycles. The molecule has 2 aliphatic carbocycles. The Balaban J connectivity index is 1.37. The lowest BCUT2D eigenvalue weighted by molar-refractivity contribution is 0.166. The molecule has 9 nitrogen and oxygen atoms in total. The number of tetrazole rings is 1. The van der Waals surface area contributed by atoms with Crippen molar-refractivity contribution in [3.05, 3.63) is 24.4 Å². The van der Waals surface area contributed by atoms with Crippen LogP contribution in [0.5, 0.6) is 5.75 Å². The molecule has 2 heterocycles. The van der Waals surface area contributed by atoms with E-state index in [1.54, 1.807) is 18.3 Å². The standard InChI is InChI=1S/C22H27FN8OS3/c1-2-12-3-8-16(23)17(9-12)30(14-5-6-14)19-11-24-21(26-25-19)15-7-4-13(10-18(15)32)20-27-29-31(28-20)22(33,34)35/h4,7,10-12,14,16-17,32-35H,2-3,5-6,8-9H2,1H3/t12-,16+,17-/m1/s1. The van der Waals surface area contributed by atoms with Crippen molar-refractivity contribution in [3.63, 3.8) is 0 Å². The number of benzene rings is 1. The van der Waals surface area contributed by atoms with E-state index >= 15 is 0 Å². The second kappa shape index (κ2) is 9.74. The lowest BCUT2D eigenvalue weighted by Gasteiger charge is -2.40. The summed E-state index contributed by atoms with van der Waals surface area (Å²) in [5, 5.41) is 31.3. The zero-order valence-corrected chi connectivity index (χ0v) is 21.8. The van der Waals surface area contributed by atoms with Crippen LogP contribution in [0.15, 0.2) is 24.4 Å². The lowest BCUT2D eigenvalue weighted by Crippen LogP contribution is -2.47. The number of thiol groups is 3. The number of phenolic OH excluding ortho intramolecular Hbond substituents is 1. The number of alkyl halides is 1. The highest BCUT2D eigenvalue weighted by Gasteiger charge is 2.41. The van der Waals surface area contributed by atoms with E-state index in [0.29, 0.717) is 29.3 Å². The Morgan fingerprint density at radius 3 is 2.51 bits per heavy atom.